The molecule has 0 amide bonds. The summed E-state index contributed by atoms with van der Waals surface area (Å²) < 4.78 is 0. The molecule has 3 heteroatoms. The lowest BCUT2D eigenvalue weighted by Crippen LogP contribution is -2.23. The lowest BCUT2D eigenvalue weighted by Gasteiger charge is -2.17. The fraction of sp³-hybridized carbons (Fsp3) is 0.417. The summed E-state index contributed by atoms with van der Waals surface area (Å²) in [6.07, 6.45) is 0.931. The molecular formula is C12H14ClNO. The van der Waals surface area contributed by atoms with Crippen molar-refractivity contribution in [1.82, 2.24) is 0 Å². The van der Waals surface area contributed by atoms with Gasteiger partial charge in [-0.1, -0.05) is 18.2 Å². The van der Waals surface area contributed by atoms with Crippen LogP contribution in [-0.2, 0) is 4.79 Å². The monoisotopic (exact) mass is 223 g/mol. The van der Waals surface area contributed by atoms with E-state index in [0.29, 0.717) is 0 Å². The Balaban J connectivity index is 2.02. The highest BCUT2D eigenvalue weighted by Crippen LogP contribution is 2.24. The number of carbonyl (C=O) groups excluding carboxylic acids is 1. The zero-order valence-electron chi connectivity index (χ0n) is 8.53. The van der Waals surface area contributed by atoms with Gasteiger partial charge in [0.15, 0.2) is 5.78 Å². The predicted octanol–water partition coefficient (Wildman–Crippen LogP) is 2.32. The van der Waals surface area contributed by atoms with Crippen LogP contribution >= 0.6 is 11.6 Å². The van der Waals surface area contributed by atoms with Crippen LogP contribution in [0.1, 0.15) is 6.42 Å². The number of ketones is 1. The Morgan fingerprint density at radius 2 is 2.13 bits per heavy atom. The van der Waals surface area contributed by atoms with Gasteiger partial charge in [0, 0.05) is 24.7 Å². The Kier molecular flexibility index (Phi) is 3.27. The predicted molar refractivity (Wildman–Crippen MR) is 62.5 cm³/mol. The highest BCUT2D eigenvalue weighted by atomic mass is 35.5. The maximum absolute atomic E-state index is 11.4. The first-order valence-corrected chi connectivity index (χ1v) is 5.73. The van der Waals surface area contributed by atoms with E-state index in [-0.39, 0.29) is 17.6 Å². The summed E-state index contributed by atoms with van der Waals surface area (Å²) in [6.45, 7) is 1.77. The van der Waals surface area contributed by atoms with Crippen LogP contribution in [0.2, 0.25) is 0 Å². The van der Waals surface area contributed by atoms with E-state index in [2.05, 4.69) is 17.0 Å². The summed E-state index contributed by atoms with van der Waals surface area (Å²) >= 11 is 5.56. The van der Waals surface area contributed by atoms with Crippen molar-refractivity contribution >= 4 is 23.1 Å². The van der Waals surface area contributed by atoms with Crippen molar-refractivity contribution in [2.24, 2.45) is 5.92 Å². The lowest BCUT2D eigenvalue weighted by atomic mass is 10.1. The van der Waals surface area contributed by atoms with Crippen molar-refractivity contribution in [3.8, 4) is 0 Å². The third kappa shape index (κ3) is 2.32. The van der Waals surface area contributed by atoms with Gasteiger partial charge in [-0.15, -0.1) is 11.6 Å². The Bertz CT molecular complexity index is 339. The first kappa shape index (κ1) is 10.5. The molecule has 1 heterocycles. The molecule has 1 atom stereocenters. The average molecular weight is 224 g/mol. The number of Topliss-reactive ketones (excluding diaryl/α,β-unsaturated/α-hetero) is 1. The molecule has 80 valence electrons. The summed E-state index contributed by atoms with van der Waals surface area (Å²) in [4.78, 5) is 13.7. The quantitative estimate of drug-likeness (QED) is 0.733. The van der Waals surface area contributed by atoms with Crippen LogP contribution in [0.15, 0.2) is 30.3 Å². The fourth-order valence-corrected chi connectivity index (χ4v) is 2.22. The molecule has 1 aromatic rings. The molecule has 0 unspecified atom stereocenters. The normalized spacial score (nSPS) is 20.6. The van der Waals surface area contributed by atoms with Gasteiger partial charge in [0.1, 0.15) is 0 Å². The van der Waals surface area contributed by atoms with Crippen LogP contribution in [0.4, 0.5) is 5.69 Å². The number of halogens is 1. The van der Waals surface area contributed by atoms with E-state index in [9.17, 15) is 4.79 Å². The molecule has 0 saturated carbocycles. The van der Waals surface area contributed by atoms with Gasteiger partial charge >= 0.3 is 0 Å². The molecule has 1 aromatic carbocycles. The number of benzene rings is 1. The number of hydrogen-bond acceptors (Lipinski definition) is 2. The van der Waals surface area contributed by atoms with Gasteiger partial charge < -0.3 is 4.90 Å². The van der Waals surface area contributed by atoms with Crippen LogP contribution in [0.5, 0.6) is 0 Å². The molecule has 1 aliphatic heterocycles. The Morgan fingerprint density at radius 1 is 1.40 bits per heavy atom. The van der Waals surface area contributed by atoms with Gasteiger partial charge in [-0.3, -0.25) is 4.79 Å². The number of carbonyl (C=O) groups is 1. The number of rotatable bonds is 3. The SMILES string of the molecule is O=C(CCl)[C@H]1CCN(c2ccccc2)C1. The van der Waals surface area contributed by atoms with Crippen molar-refractivity contribution in [2.45, 2.75) is 6.42 Å². The minimum absolute atomic E-state index is 0.128. The van der Waals surface area contributed by atoms with Crippen LogP contribution < -0.4 is 4.90 Å². The van der Waals surface area contributed by atoms with Gasteiger partial charge in [-0.05, 0) is 18.6 Å². The van der Waals surface area contributed by atoms with E-state index < -0.39 is 0 Å². The van der Waals surface area contributed by atoms with Gasteiger partial charge in [-0.2, -0.15) is 0 Å². The molecule has 15 heavy (non-hydrogen) atoms. The second-order valence-corrected chi connectivity index (χ2v) is 4.13. The highest BCUT2D eigenvalue weighted by Gasteiger charge is 2.27. The Morgan fingerprint density at radius 3 is 2.80 bits per heavy atom. The van der Waals surface area contributed by atoms with E-state index in [1.54, 1.807) is 0 Å². The summed E-state index contributed by atoms with van der Waals surface area (Å²) in [5, 5.41) is 0. The zero-order valence-corrected chi connectivity index (χ0v) is 9.28. The van der Waals surface area contributed by atoms with Crippen LogP contribution in [-0.4, -0.2) is 24.8 Å². The van der Waals surface area contributed by atoms with E-state index in [1.807, 2.05) is 18.2 Å². The Labute approximate surface area is 94.8 Å². The molecule has 0 spiro atoms. The first-order valence-electron chi connectivity index (χ1n) is 5.20. The van der Waals surface area contributed by atoms with Crippen molar-refractivity contribution in [3.05, 3.63) is 30.3 Å². The number of nitrogens with zero attached hydrogens (tertiary/aromatic N) is 1. The second kappa shape index (κ2) is 4.67. The number of alkyl halides is 1. The minimum atomic E-state index is 0.128. The van der Waals surface area contributed by atoms with Gasteiger partial charge in [0.25, 0.3) is 0 Å². The topological polar surface area (TPSA) is 20.3 Å². The van der Waals surface area contributed by atoms with E-state index in [1.165, 1.54) is 5.69 Å². The number of hydrogen-bond donors (Lipinski definition) is 0. The maximum Gasteiger partial charge on any atom is 0.152 e. The molecule has 0 aliphatic carbocycles. The van der Waals surface area contributed by atoms with E-state index >= 15 is 0 Å². The molecule has 0 aromatic heterocycles. The zero-order chi connectivity index (χ0) is 10.7. The fourth-order valence-electron chi connectivity index (χ4n) is 2.01. The van der Waals surface area contributed by atoms with E-state index in [4.69, 9.17) is 11.6 Å². The minimum Gasteiger partial charge on any atom is -0.371 e. The van der Waals surface area contributed by atoms with Crippen molar-refractivity contribution in [1.29, 1.82) is 0 Å². The summed E-state index contributed by atoms with van der Waals surface area (Å²) in [7, 11) is 0. The van der Waals surface area contributed by atoms with Crippen LogP contribution in [0.25, 0.3) is 0 Å². The summed E-state index contributed by atoms with van der Waals surface area (Å²) in [5.74, 6) is 0.450. The van der Waals surface area contributed by atoms with Crippen molar-refractivity contribution in [3.63, 3.8) is 0 Å². The lowest BCUT2D eigenvalue weighted by molar-refractivity contribution is -0.119. The third-order valence-corrected chi connectivity index (χ3v) is 3.16. The van der Waals surface area contributed by atoms with Gasteiger partial charge in [0.2, 0.25) is 0 Å². The van der Waals surface area contributed by atoms with Crippen molar-refractivity contribution < 1.29 is 4.79 Å². The second-order valence-electron chi connectivity index (χ2n) is 3.87. The smallest absolute Gasteiger partial charge is 0.152 e. The first-order chi connectivity index (χ1) is 7.31. The van der Waals surface area contributed by atoms with Crippen LogP contribution in [0.3, 0.4) is 0 Å². The molecule has 0 radical (unpaired) electrons. The van der Waals surface area contributed by atoms with Crippen molar-refractivity contribution in [2.75, 3.05) is 23.9 Å². The highest BCUT2D eigenvalue weighted by molar-refractivity contribution is 6.28. The Hall–Kier alpha value is -1.02. The molecule has 0 N–H and O–H groups in total. The molecule has 1 saturated heterocycles. The molecular weight excluding hydrogens is 210 g/mol. The average Bonchev–Trinajstić information content (AvgIpc) is 2.78. The molecule has 2 rings (SSSR count). The number of anilines is 1. The number of para-hydroxylation sites is 1. The van der Waals surface area contributed by atoms with Gasteiger partial charge in [-0.25, -0.2) is 0 Å². The summed E-state index contributed by atoms with van der Waals surface area (Å²) in [6, 6.07) is 10.2. The van der Waals surface area contributed by atoms with Crippen LogP contribution in [0, 0.1) is 5.92 Å². The molecule has 1 aliphatic rings. The standard InChI is InChI=1S/C12H14ClNO/c13-8-12(15)10-6-7-14(9-10)11-4-2-1-3-5-11/h1-5,10H,6-9H2/t10-/m0/s1. The largest absolute Gasteiger partial charge is 0.371 e. The van der Waals surface area contributed by atoms with E-state index in [0.717, 1.165) is 19.5 Å². The van der Waals surface area contributed by atoms with Gasteiger partial charge in [0.05, 0.1) is 5.88 Å². The molecule has 0 bridgehead atoms. The third-order valence-electron chi connectivity index (χ3n) is 2.90. The molecule has 2 nitrogen and oxygen atoms in total. The maximum atomic E-state index is 11.4. The molecule has 1 fully saturated rings. The summed E-state index contributed by atoms with van der Waals surface area (Å²) in [5.41, 5.74) is 1.20.